The highest BCUT2D eigenvalue weighted by Crippen LogP contribution is 2.47. The lowest BCUT2D eigenvalue weighted by Gasteiger charge is -2.48. The summed E-state index contributed by atoms with van der Waals surface area (Å²) in [6.07, 6.45) is 5.90. The van der Waals surface area contributed by atoms with E-state index in [4.69, 9.17) is 0 Å². The van der Waals surface area contributed by atoms with Crippen LogP contribution in [0.3, 0.4) is 0 Å². The highest BCUT2D eigenvalue weighted by atomic mass is 16.1. The van der Waals surface area contributed by atoms with E-state index in [-0.39, 0.29) is 5.91 Å². The molecule has 2 nitrogen and oxygen atoms in total. The molecule has 1 spiro atoms. The second-order valence-corrected chi connectivity index (χ2v) is 5.30. The van der Waals surface area contributed by atoms with Gasteiger partial charge in [-0.25, -0.2) is 0 Å². The third-order valence-corrected chi connectivity index (χ3v) is 4.64. The third-order valence-electron chi connectivity index (χ3n) is 4.64. The molecule has 1 heterocycles. The maximum absolute atomic E-state index is 11.2. The van der Waals surface area contributed by atoms with Crippen molar-refractivity contribution >= 4 is 5.91 Å². The highest BCUT2D eigenvalue weighted by molar-refractivity contribution is 5.76. The lowest BCUT2D eigenvalue weighted by molar-refractivity contribution is -0.126. The number of carbonyl (C=O) groups excluding carboxylic acids is 1. The molecule has 0 aromatic rings. The molecule has 1 N–H and O–H groups in total. The zero-order chi connectivity index (χ0) is 10.2. The standard InChI is InChI=1S/C12H21NO/c1-9-4-3-6-12(10(9)2)7-5-11(14)13-8-12/h9-10H,3-8H2,1-2H3,(H,13,14). The van der Waals surface area contributed by atoms with Crippen molar-refractivity contribution in [2.45, 2.75) is 46.0 Å². The van der Waals surface area contributed by atoms with Gasteiger partial charge >= 0.3 is 0 Å². The van der Waals surface area contributed by atoms with Gasteiger partial charge in [0.05, 0.1) is 0 Å². The fourth-order valence-electron chi connectivity index (χ4n) is 3.27. The quantitative estimate of drug-likeness (QED) is 0.631. The van der Waals surface area contributed by atoms with E-state index in [0.29, 0.717) is 5.41 Å². The lowest BCUT2D eigenvalue weighted by Crippen LogP contribution is -2.49. The first-order chi connectivity index (χ1) is 6.64. The van der Waals surface area contributed by atoms with Gasteiger partial charge in [0, 0.05) is 13.0 Å². The summed E-state index contributed by atoms with van der Waals surface area (Å²) in [5.41, 5.74) is 0.436. The molecule has 0 aromatic heterocycles. The van der Waals surface area contributed by atoms with Gasteiger partial charge in [0.25, 0.3) is 0 Å². The Hall–Kier alpha value is -0.530. The van der Waals surface area contributed by atoms with Crippen LogP contribution in [0.15, 0.2) is 0 Å². The van der Waals surface area contributed by atoms with Crippen molar-refractivity contribution in [2.24, 2.45) is 17.3 Å². The van der Waals surface area contributed by atoms with Crippen LogP contribution >= 0.6 is 0 Å². The van der Waals surface area contributed by atoms with E-state index < -0.39 is 0 Å². The van der Waals surface area contributed by atoms with E-state index >= 15 is 0 Å². The minimum absolute atomic E-state index is 0.251. The summed E-state index contributed by atoms with van der Waals surface area (Å²) in [6.45, 7) is 5.67. The predicted molar refractivity (Wildman–Crippen MR) is 56.9 cm³/mol. The smallest absolute Gasteiger partial charge is 0.220 e. The first-order valence-corrected chi connectivity index (χ1v) is 5.91. The monoisotopic (exact) mass is 195 g/mol. The van der Waals surface area contributed by atoms with Crippen LogP contribution in [0.2, 0.25) is 0 Å². The molecule has 80 valence electrons. The Labute approximate surface area is 86.5 Å². The Bertz CT molecular complexity index is 226. The van der Waals surface area contributed by atoms with Crippen molar-refractivity contribution in [1.29, 1.82) is 0 Å². The number of hydrogen-bond acceptors (Lipinski definition) is 1. The normalized spacial score (nSPS) is 43.7. The van der Waals surface area contributed by atoms with Crippen molar-refractivity contribution in [3.8, 4) is 0 Å². The van der Waals surface area contributed by atoms with Gasteiger partial charge in [-0.2, -0.15) is 0 Å². The third kappa shape index (κ3) is 1.55. The molecule has 0 bridgehead atoms. The predicted octanol–water partition coefficient (Wildman–Crippen LogP) is 2.34. The summed E-state index contributed by atoms with van der Waals surface area (Å²) in [5, 5.41) is 3.05. The number of amides is 1. The van der Waals surface area contributed by atoms with Crippen molar-refractivity contribution in [1.82, 2.24) is 5.32 Å². The molecule has 0 aromatic carbocycles. The summed E-state index contributed by atoms with van der Waals surface area (Å²) in [4.78, 5) is 11.2. The number of piperidine rings is 1. The maximum Gasteiger partial charge on any atom is 0.220 e. The minimum Gasteiger partial charge on any atom is -0.356 e. The summed E-state index contributed by atoms with van der Waals surface area (Å²) < 4.78 is 0. The summed E-state index contributed by atoms with van der Waals surface area (Å²) in [7, 11) is 0. The van der Waals surface area contributed by atoms with Crippen LogP contribution in [0.25, 0.3) is 0 Å². The van der Waals surface area contributed by atoms with E-state index in [9.17, 15) is 4.79 Å². The molecule has 3 unspecified atom stereocenters. The van der Waals surface area contributed by atoms with E-state index in [1.807, 2.05) is 0 Å². The molecule has 2 heteroatoms. The fraction of sp³-hybridized carbons (Fsp3) is 0.917. The maximum atomic E-state index is 11.2. The average Bonchev–Trinajstić information content (AvgIpc) is 2.19. The van der Waals surface area contributed by atoms with Gasteiger partial charge in [0.1, 0.15) is 0 Å². The van der Waals surface area contributed by atoms with Gasteiger partial charge in [-0.3, -0.25) is 4.79 Å². The molecule has 1 amide bonds. The topological polar surface area (TPSA) is 29.1 Å². The van der Waals surface area contributed by atoms with Crippen LogP contribution in [0.5, 0.6) is 0 Å². The van der Waals surface area contributed by atoms with Crippen LogP contribution in [0.1, 0.15) is 46.0 Å². The van der Waals surface area contributed by atoms with Gasteiger partial charge in [0.15, 0.2) is 0 Å². The van der Waals surface area contributed by atoms with Gasteiger partial charge < -0.3 is 5.32 Å². The Balaban J connectivity index is 2.09. The van der Waals surface area contributed by atoms with Crippen molar-refractivity contribution in [3.63, 3.8) is 0 Å². The molecule has 1 aliphatic carbocycles. The van der Waals surface area contributed by atoms with Crippen molar-refractivity contribution in [2.75, 3.05) is 6.54 Å². The zero-order valence-electron chi connectivity index (χ0n) is 9.31. The molecular formula is C12H21NO. The molecule has 14 heavy (non-hydrogen) atoms. The number of nitrogens with one attached hydrogen (secondary N) is 1. The van der Waals surface area contributed by atoms with Gasteiger partial charge in [-0.05, 0) is 30.1 Å². The second-order valence-electron chi connectivity index (χ2n) is 5.30. The molecule has 2 aliphatic rings. The van der Waals surface area contributed by atoms with E-state index in [1.54, 1.807) is 0 Å². The Morgan fingerprint density at radius 2 is 2.14 bits per heavy atom. The van der Waals surface area contributed by atoms with Crippen molar-refractivity contribution in [3.05, 3.63) is 0 Å². The second kappa shape index (κ2) is 3.56. The SMILES string of the molecule is CC1CCCC2(CCC(=O)NC2)C1C. The lowest BCUT2D eigenvalue weighted by atomic mass is 9.60. The first kappa shape index (κ1) is 10.0. The van der Waals surface area contributed by atoms with Crippen LogP contribution < -0.4 is 5.32 Å². The average molecular weight is 195 g/mol. The zero-order valence-corrected chi connectivity index (χ0v) is 9.31. The highest BCUT2D eigenvalue weighted by Gasteiger charge is 2.43. The van der Waals surface area contributed by atoms with E-state index in [0.717, 1.165) is 31.2 Å². The Morgan fingerprint density at radius 1 is 1.36 bits per heavy atom. The number of hydrogen-bond donors (Lipinski definition) is 1. The molecule has 1 aliphatic heterocycles. The first-order valence-electron chi connectivity index (χ1n) is 5.91. The van der Waals surface area contributed by atoms with Crippen LogP contribution in [-0.4, -0.2) is 12.5 Å². The van der Waals surface area contributed by atoms with E-state index in [2.05, 4.69) is 19.2 Å². The summed E-state index contributed by atoms with van der Waals surface area (Å²) in [6, 6.07) is 0. The van der Waals surface area contributed by atoms with Gasteiger partial charge in [-0.1, -0.05) is 26.7 Å². The summed E-state index contributed by atoms with van der Waals surface area (Å²) in [5.74, 6) is 1.86. The Kier molecular flexibility index (Phi) is 2.54. The van der Waals surface area contributed by atoms with Crippen LogP contribution in [0, 0.1) is 17.3 Å². The van der Waals surface area contributed by atoms with Gasteiger partial charge in [0.2, 0.25) is 5.91 Å². The fourth-order valence-corrected chi connectivity index (χ4v) is 3.27. The van der Waals surface area contributed by atoms with Crippen LogP contribution in [0.4, 0.5) is 0 Å². The number of carbonyl (C=O) groups is 1. The molecule has 3 atom stereocenters. The molecular weight excluding hydrogens is 174 g/mol. The molecule has 2 rings (SSSR count). The minimum atomic E-state index is 0.251. The largest absolute Gasteiger partial charge is 0.356 e. The van der Waals surface area contributed by atoms with E-state index in [1.165, 1.54) is 19.3 Å². The molecule has 2 fully saturated rings. The van der Waals surface area contributed by atoms with Crippen molar-refractivity contribution < 1.29 is 4.79 Å². The Morgan fingerprint density at radius 3 is 2.79 bits per heavy atom. The number of rotatable bonds is 0. The molecule has 1 saturated carbocycles. The molecule has 1 saturated heterocycles. The molecule has 0 radical (unpaired) electrons. The summed E-state index contributed by atoms with van der Waals surface area (Å²) >= 11 is 0. The van der Waals surface area contributed by atoms with Crippen LogP contribution in [-0.2, 0) is 4.79 Å². The van der Waals surface area contributed by atoms with Gasteiger partial charge in [-0.15, -0.1) is 0 Å².